The van der Waals surface area contributed by atoms with Gasteiger partial charge in [0.05, 0.1) is 36.6 Å². The quantitative estimate of drug-likeness (QED) is 0.289. The molecule has 10 nitrogen and oxygen atoms in total. The van der Waals surface area contributed by atoms with E-state index in [1.54, 1.807) is 30.1 Å². The number of cyclic esters (lactones) is 1. The van der Waals surface area contributed by atoms with Crippen LogP contribution in [0.25, 0.3) is 0 Å². The normalized spacial score (nSPS) is 33.0. The minimum absolute atomic E-state index is 0.0539. The van der Waals surface area contributed by atoms with Crippen LogP contribution in [0.4, 0.5) is 0 Å². The van der Waals surface area contributed by atoms with Gasteiger partial charge >= 0.3 is 5.97 Å². The highest BCUT2D eigenvalue weighted by Crippen LogP contribution is 2.53. The fourth-order valence-electron chi connectivity index (χ4n) is 6.74. The van der Waals surface area contributed by atoms with Crippen LogP contribution in [0.3, 0.4) is 0 Å². The van der Waals surface area contributed by atoms with E-state index < -0.39 is 47.6 Å². The number of benzene rings is 1. The smallest absolute Gasteiger partial charge is 0.306 e. The van der Waals surface area contributed by atoms with E-state index in [0.717, 1.165) is 24.8 Å². The van der Waals surface area contributed by atoms with Gasteiger partial charge in [-0.3, -0.25) is 19.2 Å². The van der Waals surface area contributed by atoms with Gasteiger partial charge in [0.1, 0.15) is 18.2 Å². The zero-order chi connectivity index (χ0) is 29.9. The van der Waals surface area contributed by atoms with Crippen molar-refractivity contribution in [3.8, 4) is 0 Å². The van der Waals surface area contributed by atoms with Crippen molar-refractivity contribution >= 4 is 23.7 Å². The zero-order valence-corrected chi connectivity index (χ0v) is 24.3. The van der Waals surface area contributed by atoms with Crippen LogP contribution in [0, 0.1) is 11.8 Å². The Morgan fingerprint density at radius 1 is 1.10 bits per heavy atom. The predicted octanol–water partition coefficient (Wildman–Crippen LogP) is 2.29. The van der Waals surface area contributed by atoms with Crippen molar-refractivity contribution < 1.29 is 33.8 Å². The number of unbranched alkanes of at least 4 members (excludes halogenated alkanes) is 2. The van der Waals surface area contributed by atoms with Gasteiger partial charge in [-0.05, 0) is 25.3 Å². The molecule has 1 spiro atoms. The summed E-state index contributed by atoms with van der Waals surface area (Å²) in [6.45, 7) is 4.33. The third-order valence-corrected chi connectivity index (χ3v) is 8.86. The largest absolute Gasteiger partial charge is 0.463 e. The summed E-state index contributed by atoms with van der Waals surface area (Å²) in [4.78, 5) is 58.2. The summed E-state index contributed by atoms with van der Waals surface area (Å²) < 4.78 is 12.2. The molecule has 4 heterocycles. The molecule has 0 aromatic heterocycles. The van der Waals surface area contributed by atoms with E-state index >= 15 is 0 Å². The molecule has 2 fully saturated rings. The number of fused-ring (bicyclic) bond motifs is 2. The van der Waals surface area contributed by atoms with Crippen LogP contribution < -0.4 is 5.32 Å². The number of ether oxygens (including phenoxy) is 2. The predicted molar refractivity (Wildman–Crippen MR) is 154 cm³/mol. The van der Waals surface area contributed by atoms with Gasteiger partial charge in [0.15, 0.2) is 0 Å². The van der Waals surface area contributed by atoms with Crippen LogP contribution in [0.2, 0.25) is 0 Å². The van der Waals surface area contributed by atoms with E-state index in [1.807, 2.05) is 36.4 Å². The maximum Gasteiger partial charge on any atom is 0.306 e. The Balaban J connectivity index is 1.56. The molecular weight excluding hydrogens is 538 g/mol. The molecular formula is C32H41N3O7. The highest BCUT2D eigenvalue weighted by molar-refractivity contribution is 6.00. The average molecular weight is 580 g/mol. The Morgan fingerprint density at radius 3 is 2.62 bits per heavy atom. The Bertz CT molecular complexity index is 1230. The molecule has 0 bridgehead atoms. The molecule has 0 aliphatic carbocycles. The van der Waals surface area contributed by atoms with E-state index in [0.29, 0.717) is 19.5 Å². The second-order valence-corrected chi connectivity index (χ2v) is 11.6. The van der Waals surface area contributed by atoms with Crippen molar-refractivity contribution in [3.63, 3.8) is 0 Å². The van der Waals surface area contributed by atoms with Crippen molar-refractivity contribution in [2.75, 3.05) is 26.3 Å². The van der Waals surface area contributed by atoms with Crippen molar-refractivity contribution in [2.24, 2.45) is 11.8 Å². The molecule has 4 aliphatic rings. The Kier molecular flexibility index (Phi) is 9.13. The number of allylic oxidation sites excluding steroid dienone is 1. The van der Waals surface area contributed by atoms with Crippen molar-refractivity contribution in [1.82, 2.24) is 15.1 Å². The third kappa shape index (κ3) is 5.49. The molecule has 10 heteroatoms. The molecule has 0 radical (unpaired) electrons. The van der Waals surface area contributed by atoms with Crippen LogP contribution in [0.15, 0.2) is 54.6 Å². The third-order valence-electron chi connectivity index (χ3n) is 8.86. The first kappa shape index (κ1) is 30.0. The Labute approximate surface area is 246 Å². The second-order valence-electron chi connectivity index (χ2n) is 11.6. The molecule has 2 saturated heterocycles. The number of aliphatic hydroxyl groups excluding tert-OH is 1. The number of aliphatic hydroxyl groups is 1. The standard InChI is InChI=1S/C32H41N3O7/c1-3-4-10-17-34-18-11-16-32-27(30(39)35(21(2)19-36)28(32)31(34)40)26-24(42-32)14-8-9-15-25(37)41-20-23(33-29(26)38)22-12-6-5-7-13-22/h5-8,11-14,16,21,23-24,26-28,36H,3-4,9-10,15,17-20H2,1-2H3,(H,33,38)/b14-8-/t21-,23+,24-,26+,27+,28-,32+/m1/s1. The summed E-state index contributed by atoms with van der Waals surface area (Å²) in [6, 6.07) is 6.92. The topological polar surface area (TPSA) is 125 Å². The van der Waals surface area contributed by atoms with E-state index in [9.17, 15) is 24.3 Å². The first-order valence-electron chi connectivity index (χ1n) is 15.1. The van der Waals surface area contributed by atoms with E-state index in [1.165, 1.54) is 4.90 Å². The van der Waals surface area contributed by atoms with Gasteiger partial charge in [0, 0.05) is 19.5 Å². The van der Waals surface area contributed by atoms with Gasteiger partial charge in [-0.1, -0.05) is 74.4 Å². The van der Waals surface area contributed by atoms with Crippen LogP contribution in [-0.2, 0) is 28.7 Å². The lowest BCUT2D eigenvalue weighted by molar-refractivity contribution is -0.150. The van der Waals surface area contributed by atoms with E-state index in [2.05, 4.69) is 12.2 Å². The fraction of sp³-hybridized carbons (Fsp3) is 0.562. The monoisotopic (exact) mass is 579 g/mol. The first-order chi connectivity index (χ1) is 20.3. The number of hydrogen-bond acceptors (Lipinski definition) is 7. The molecule has 1 aromatic carbocycles. The molecule has 4 aliphatic heterocycles. The number of nitrogens with one attached hydrogen (secondary N) is 1. The highest BCUT2D eigenvalue weighted by Gasteiger charge is 2.72. The van der Waals surface area contributed by atoms with Gasteiger partial charge in [-0.25, -0.2) is 0 Å². The molecule has 2 N–H and O–H groups in total. The number of carbonyl (C=O) groups is 4. The minimum Gasteiger partial charge on any atom is -0.463 e. The minimum atomic E-state index is -1.39. The molecule has 226 valence electrons. The summed E-state index contributed by atoms with van der Waals surface area (Å²) in [5, 5.41) is 13.2. The van der Waals surface area contributed by atoms with Gasteiger partial charge in [0.25, 0.3) is 0 Å². The molecule has 0 saturated carbocycles. The van der Waals surface area contributed by atoms with Gasteiger partial charge in [-0.15, -0.1) is 0 Å². The molecule has 7 atom stereocenters. The van der Waals surface area contributed by atoms with E-state index in [4.69, 9.17) is 9.47 Å². The van der Waals surface area contributed by atoms with Gasteiger partial charge in [-0.2, -0.15) is 0 Å². The fourth-order valence-corrected chi connectivity index (χ4v) is 6.74. The summed E-state index contributed by atoms with van der Waals surface area (Å²) in [5.41, 5.74) is -0.627. The number of amides is 3. The van der Waals surface area contributed by atoms with Crippen LogP contribution in [-0.4, -0.2) is 88.7 Å². The molecule has 42 heavy (non-hydrogen) atoms. The number of likely N-dealkylation sites (tertiary alicyclic amines) is 1. The lowest BCUT2D eigenvalue weighted by Gasteiger charge is -2.37. The van der Waals surface area contributed by atoms with Crippen molar-refractivity contribution in [2.45, 2.75) is 75.8 Å². The summed E-state index contributed by atoms with van der Waals surface area (Å²) in [6.07, 6.45) is 9.73. The summed E-state index contributed by atoms with van der Waals surface area (Å²) in [5.74, 6) is -3.36. The number of carbonyl (C=O) groups excluding carboxylic acids is 4. The maximum absolute atomic E-state index is 14.3. The van der Waals surface area contributed by atoms with Gasteiger partial charge in [0.2, 0.25) is 17.7 Å². The van der Waals surface area contributed by atoms with Crippen LogP contribution >= 0.6 is 0 Å². The average Bonchev–Trinajstić information content (AvgIpc) is 3.39. The second kappa shape index (κ2) is 12.8. The summed E-state index contributed by atoms with van der Waals surface area (Å²) >= 11 is 0. The number of esters is 1. The molecule has 0 unspecified atom stereocenters. The van der Waals surface area contributed by atoms with Crippen molar-refractivity contribution in [3.05, 3.63) is 60.2 Å². The number of hydrogen-bond donors (Lipinski definition) is 2. The number of rotatable bonds is 7. The maximum atomic E-state index is 14.3. The molecule has 1 aromatic rings. The Morgan fingerprint density at radius 2 is 1.88 bits per heavy atom. The van der Waals surface area contributed by atoms with E-state index in [-0.39, 0.29) is 37.4 Å². The first-order valence-corrected chi connectivity index (χ1v) is 15.1. The zero-order valence-electron chi connectivity index (χ0n) is 24.3. The van der Waals surface area contributed by atoms with Gasteiger partial charge < -0.3 is 29.7 Å². The SMILES string of the molecule is CCCCCN1CC=C[C@]23O[C@@H]4/C=C\CCC(=O)OC[C@@H](c5ccccc5)NC(=O)[C@@H]4[C@H]2C(=O)N([C@H](C)CO)[C@@H]3C1=O. The van der Waals surface area contributed by atoms with Crippen LogP contribution in [0.5, 0.6) is 0 Å². The highest BCUT2D eigenvalue weighted by atomic mass is 16.5. The van der Waals surface area contributed by atoms with Crippen LogP contribution in [0.1, 0.15) is 57.6 Å². The molecule has 5 rings (SSSR count). The van der Waals surface area contributed by atoms with Crippen molar-refractivity contribution in [1.29, 1.82) is 0 Å². The Hall–Kier alpha value is -3.50. The summed E-state index contributed by atoms with van der Waals surface area (Å²) in [7, 11) is 0. The molecule has 3 amide bonds. The lowest BCUT2D eigenvalue weighted by atomic mass is 9.77. The lowest BCUT2D eigenvalue weighted by Crippen LogP contribution is -2.57. The number of nitrogens with zero attached hydrogens (tertiary/aromatic N) is 2.